The topological polar surface area (TPSA) is 84.9 Å². The van der Waals surface area contributed by atoms with E-state index in [0.717, 1.165) is 24.2 Å². The maximum absolute atomic E-state index is 12.2. The predicted octanol–water partition coefficient (Wildman–Crippen LogP) is 3.26. The van der Waals surface area contributed by atoms with Crippen LogP contribution in [0, 0.1) is 0 Å². The number of hydrogen-bond donors (Lipinski definition) is 2. The van der Waals surface area contributed by atoms with E-state index in [9.17, 15) is 9.59 Å². The standard InChI is InChI=1S/C20H23NO5/c1-2-3-11-25-17-9-7-16(8-10-17)20(24)21-13-15-5-4-6-18(12-15)26-14-19(22)23/h4-10,12H,2-3,11,13-14H2,1H3,(H,21,24)(H,22,23). The first-order valence-electron chi connectivity index (χ1n) is 8.53. The number of rotatable bonds is 10. The van der Waals surface area contributed by atoms with Gasteiger partial charge >= 0.3 is 5.97 Å². The summed E-state index contributed by atoms with van der Waals surface area (Å²) in [6.07, 6.45) is 2.07. The van der Waals surface area contributed by atoms with Crippen LogP contribution in [0.4, 0.5) is 0 Å². The molecule has 0 aliphatic rings. The van der Waals surface area contributed by atoms with Gasteiger partial charge in [-0.25, -0.2) is 4.79 Å². The predicted molar refractivity (Wildman–Crippen MR) is 97.6 cm³/mol. The molecule has 0 radical (unpaired) electrons. The van der Waals surface area contributed by atoms with Gasteiger partial charge in [0.15, 0.2) is 6.61 Å². The smallest absolute Gasteiger partial charge is 0.341 e. The van der Waals surface area contributed by atoms with Crippen LogP contribution >= 0.6 is 0 Å². The van der Waals surface area contributed by atoms with E-state index >= 15 is 0 Å². The van der Waals surface area contributed by atoms with Crippen molar-refractivity contribution in [3.05, 3.63) is 59.7 Å². The number of nitrogens with one attached hydrogen (secondary N) is 1. The second kappa shape index (κ2) is 10.1. The van der Waals surface area contributed by atoms with Crippen molar-refractivity contribution in [2.75, 3.05) is 13.2 Å². The molecule has 2 N–H and O–H groups in total. The second-order valence-corrected chi connectivity index (χ2v) is 5.74. The maximum atomic E-state index is 12.2. The summed E-state index contributed by atoms with van der Waals surface area (Å²) >= 11 is 0. The first-order valence-corrected chi connectivity index (χ1v) is 8.53. The van der Waals surface area contributed by atoms with E-state index in [1.54, 1.807) is 42.5 Å². The minimum atomic E-state index is -1.04. The quantitative estimate of drug-likeness (QED) is 0.638. The average Bonchev–Trinajstić information content (AvgIpc) is 2.65. The largest absolute Gasteiger partial charge is 0.494 e. The number of carboxylic acids is 1. The Balaban J connectivity index is 1.86. The van der Waals surface area contributed by atoms with E-state index < -0.39 is 12.6 Å². The highest BCUT2D eigenvalue weighted by Gasteiger charge is 2.06. The van der Waals surface area contributed by atoms with Gasteiger partial charge in [-0.15, -0.1) is 0 Å². The Morgan fingerprint density at radius 1 is 1.04 bits per heavy atom. The molecule has 1 amide bonds. The molecule has 0 fully saturated rings. The molecule has 2 rings (SSSR count). The molecule has 0 bridgehead atoms. The van der Waals surface area contributed by atoms with Crippen LogP contribution in [0.5, 0.6) is 11.5 Å². The molecule has 0 saturated carbocycles. The van der Waals surface area contributed by atoms with Gasteiger partial charge in [0.25, 0.3) is 5.91 Å². The number of carboxylic acid groups (broad SMARTS) is 1. The van der Waals surface area contributed by atoms with Crippen molar-refractivity contribution < 1.29 is 24.2 Å². The zero-order chi connectivity index (χ0) is 18.8. The van der Waals surface area contributed by atoms with Crippen LogP contribution in [0.1, 0.15) is 35.7 Å². The van der Waals surface area contributed by atoms with Crippen molar-refractivity contribution in [1.29, 1.82) is 0 Å². The molecule has 0 unspecified atom stereocenters. The Morgan fingerprint density at radius 3 is 2.50 bits per heavy atom. The van der Waals surface area contributed by atoms with Crippen LogP contribution in [0.3, 0.4) is 0 Å². The van der Waals surface area contributed by atoms with E-state index in [1.807, 2.05) is 6.07 Å². The molecule has 6 heteroatoms. The molecule has 0 heterocycles. The fraction of sp³-hybridized carbons (Fsp3) is 0.300. The molecule has 0 atom stereocenters. The van der Waals surface area contributed by atoms with Crippen molar-refractivity contribution in [2.45, 2.75) is 26.3 Å². The van der Waals surface area contributed by atoms with E-state index in [4.69, 9.17) is 14.6 Å². The van der Waals surface area contributed by atoms with Crippen LogP contribution in [-0.2, 0) is 11.3 Å². The highest BCUT2D eigenvalue weighted by molar-refractivity contribution is 5.94. The Labute approximate surface area is 152 Å². The summed E-state index contributed by atoms with van der Waals surface area (Å²) in [5.74, 6) is -0.0289. The maximum Gasteiger partial charge on any atom is 0.341 e. The van der Waals surface area contributed by atoms with Gasteiger partial charge in [-0.1, -0.05) is 25.5 Å². The lowest BCUT2D eigenvalue weighted by molar-refractivity contribution is -0.139. The molecule has 26 heavy (non-hydrogen) atoms. The summed E-state index contributed by atoms with van der Waals surface area (Å²) in [5, 5.41) is 11.5. The van der Waals surface area contributed by atoms with Gasteiger partial charge < -0.3 is 19.9 Å². The molecule has 0 aliphatic heterocycles. The van der Waals surface area contributed by atoms with Gasteiger partial charge in [-0.05, 0) is 48.4 Å². The number of benzene rings is 2. The fourth-order valence-electron chi connectivity index (χ4n) is 2.21. The lowest BCUT2D eigenvalue weighted by atomic mass is 10.2. The van der Waals surface area contributed by atoms with Gasteiger partial charge in [0.1, 0.15) is 11.5 Å². The monoisotopic (exact) mass is 357 g/mol. The van der Waals surface area contributed by atoms with Crippen molar-refractivity contribution in [3.8, 4) is 11.5 Å². The van der Waals surface area contributed by atoms with Gasteiger partial charge in [-0.2, -0.15) is 0 Å². The third kappa shape index (κ3) is 6.47. The van der Waals surface area contributed by atoms with Gasteiger partial charge in [-0.3, -0.25) is 4.79 Å². The third-order valence-electron chi connectivity index (χ3n) is 3.60. The Bertz CT molecular complexity index is 727. The highest BCUT2D eigenvalue weighted by atomic mass is 16.5. The fourth-order valence-corrected chi connectivity index (χ4v) is 2.21. The van der Waals surface area contributed by atoms with Gasteiger partial charge in [0.2, 0.25) is 0 Å². The Hall–Kier alpha value is -3.02. The van der Waals surface area contributed by atoms with E-state index in [-0.39, 0.29) is 5.91 Å². The molecule has 0 aliphatic carbocycles. The first kappa shape index (κ1) is 19.3. The van der Waals surface area contributed by atoms with Crippen molar-refractivity contribution in [2.24, 2.45) is 0 Å². The third-order valence-corrected chi connectivity index (χ3v) is 3.60. The molecule has 138 valence electrons. The summed E-state index contributed by atoms with van der Waals surface area (Å²) in [5.41, 5.74) is 1.37. The number of carbonyl (C=O) groups is 2. The number of carbonyl (C=O) groups excluding carboxylic acids is 1. The summed E-state index contributed by atoms with van der Waals surface area (Å²) in [6, 6.07) is 14.0. The molecule has 2 aromatic rings. The molecule has 0 spiro atoms. The van der Waals surface area contributed by atoms with Crippen LogP contribution < -0.4 is 14.8 Å². The molecule has 2 aromatic carbocycles. The van der Waals surface area contributed by atoms with Crippen LogP contribution in [-0.4, -0.2) is 30.2 Å². The van der Waals surface area contributed by atoms with E-state index in [0.29, 0.717) is 24.5 Å². The van der Waals surface area contributed by atoms with E-state index in [2.05, 4.69) is 12.2 Å². The highest BCUT2D eigenvalue weighted by Crippen LogP contribution is 2.15. The molecule has 6 nitrogen and oxygen atoms in total. The Kier molecular flexibility index (Phi) is 7.49. The lowest BCUT2D eigenvalue weighted by Crippen LogP contribution is -2.22. The summed E-state index contributed by atoms with van der Waals surface area (Å²) < 4.78 is 10.7. The zero-order valence-electron chi connectivity index (χ0n) is 14.7. The summed E-state index contributed by atoms with van der Waals surface area (Å²) in [6.45, 7) is 2.69. The SMILES string of the molecule is CCCCOc1ccc(C(=O)NCc2cccc(OCC(=O)O)c2)cc1. The molecule has 0 aromatic heterocycles. The van der Waals surface area contributed by atoms with Crippen LogP contribution in [0.25, 0.3) is 0 Å². The normalized spacial score (nSPS) is 10.2. The van der Waals surface area contributed by atoms with Gasteiger partial charge in [0, 0.05) is 12.1 Å². The number of amides is 1. The number of unbranched alkanes of at least 4 members (excludes halogenated alkanes) is 1. The first-order chi connectivity index (χ1) is 12.6. The van der Waals surface area contributed by atoms with Crippen molar-refractivity contribution >= 4 is 11.9 Å². The Morgan fingerprint density at radius 2 is 1.81 bits per heavy atom. The lowest BCUT2D eigenvalue weighted by Gasteiger charge is -2.09. The molecular formula is C20H23NO5. The minimum absolute atomic E-state index is 0.193. The van der Waals surface area contributed by atoms with Gasteiger partial charge in [0.05, 0.1) is 6.61 Å². The second-order valence-electron chi connectivity index (χ2n) is 5.74. The van der Waals surface area contributed by atoms with E-state index in [1.165, 1.54) is 0 Å². The van der Waals surface area contributed by atoms with Crippen molar-refractivity contribution in [3.63, 3.8) is 0 Å². The summed E-state index contributed by atoms with van der Waals surface area (Å²) in [4.78, 5) is 22.8. The number of ether oxygens (including phenoxy) is 2. The van der Waals surface area contributed by atoms with Crippen LogP contribution in [0.15, 0.2) is 48.5 Å². The zero-order valence-corrected chi connectivity index (χ0v) is 14.7. The number of hydrogen-bond acceptors (Lipinski definition) is 4. The molecule has 0 saturated heterocycles. The van der Waals surface area contributed by atoms with Crippen molar-refractivity contribution in [1.82, 2.24) is 5.32 Å². The summed E-state index contributed by atoms with van der Waals surface area (Å²) in [7, 11) is 0. The van der Waals surface area contributed by atoms with Crippen LogP contribution in [0.2, 0.25) is 0 Å². The average molecular weight is 357 g/mol. The number of aliphatic carboxylic acids is 1. The minimum Gasteiger partial charge on any atom is -0.494 e. The molecular weight excluding hydrogens is 334 g/mol.